The minimum Gasteiger partial charge on any atom is -0.461 e. The second-order valence-electron chi connectivity index (χ2n) is 20.2. The lowest BCUT2D eigenvalue weighted by Crippen LogP contribution is -2.65. The molecule has 3 aliphatic heterocycles. The van der Waals surface area contributed by atoms with Gasteiger partial charge in [0, 0.05) is 63.8 Å². The van der Waals surface area contributed by atoms with Gasteiger partial charge in [-0.05, 0) is 85.9 Å². The van der Waals surface area contributed by atoms with E-state index in [0.717, 1.165) is 0 Å². The van der Waals surface area contributed by atoms with Crippen molar-refractivity contribution < 1.29 is 52.7 Å². The molecule has 3 fully saturated rings. The molecule has 0 aliphatic carbocycles. The van der Waals surface area contributed by atoms with Gasteiger partial charge < -0.3 is 48.3 Å². The highest BCUT2D eigenvalue weighted by Gasteiger charge is 2.61. The normalized spacial score (nSPS) is 34.4. The molecule has 3 aromatic rings. The second-order valence-corrected chi connectivity index (χ2v) is 20.2. The van der Waals surface area contributed by atoms with Crippen molar-refractivity contribution in [3.05, 3.63) is 55.4 Å². The highest BCUT2D eigenvalue weighted by Crippen LogP contribution is 2.45. The number of aliphatic hydroxyl groups is 1. The first-order chi connectivity index (χ1) is 33.2. The maximum Gasteiger partial charge on any atom is 0.410 e. The van der Waals surface area contributed by atoms with Crippen molar-refractivity contribution >= 4 is 40.8 Å². The van der Waals surface area contributed by atoms with Gasteiger partial charge in [-0.3, -0.25) is 24.3 Å². The van der Waals surface area contributed by atoms with Crippen LogP contribution in [0.2, 0.25) is 0 Å². The average Bonchev–Trinajstić information content (AvgIpc) is 3.87. The van der Waals surface area contributed by atoms with Gasteiger partial charge in [0.05, 0.1) is 48.2 Å². The molecule has 0 aromatic carbocycles. The first kappa shape index (κ1) is 54.3. The van der Waals surface area contributed by atoms with Gasteiger partial charge in [-0.15, -0.1) is 6.58 Å². The summed E-state index contributed by atoms with van der Waals surface area (Å²) in [6.07, 6.45) is 2.84. The number of anilines is 1. The fourth-order valence-electron chi connectivity index (χ4n) is 11.3. The van der Waals surface area contributed by atoms with Crippen molar-refractivity contribution in [1.82, 2.24) is 34.3 Å². The molecule has 0 bridgehead atoms. The number of nitrogens with zero attached hydrogens (tertiary/aromatic N) is 7. The number of likely N-dealkylation sites (N-methyl/N-ethyl adjacent to an activating group) is 1. The van der Waals surface area contributed by atoms with E-state index in [9.17, 15) is 19.5 Å². The topological polar surface area (TPSA) is 219 Å². The molecule has 0 spiro atoms. The van der Waals surface area contributed by atoms with Crippen LogP contribution in [0.4, 0.5) is 10.6 Å². The Morgan fingerprint density at radius 1 is 1.04 bits per heavy atom. The molecule has 1 amide bonds. The first-order valence-corrected chi connectivity index (χ1v) is 24.7. The summed E-state index contributed by atoms with van der Waals surface area (Å²) >= 11 is 0. The van der Waals surface area contributed by atoms with Crippen LogP contribution in [0.5, 0.6) is 0 Å². The number of aromatic nitrogens is 5. The number of Topliss-reactive ketones (excluding diaryl/α,β-unsaturated/α-hetero) is 1. The number of pyridine rings is 1. The number of carbonyl (C=O) groups excluding carboxylic acids is 4. The summed E-state index contributed by atoms with van der Waals surface area (Å²) in [5.41, 5.74) is -1.03. The van der Waals surface area contributed by atoms with Crippen LogP contribution in [0.1, 0.15) is 100 Å². The van der Waals surface area contributed by atoms with Crippen molar-refractivity contribution in [2.45, 2.75) is 167 Å². The van der Waals surface area contributed by atoms with Gasteiger partial charge in [0.25, 0.3) is 0 Å². The molecule has 0 saturated carbocycles. The predicted molar refractivity (Wildman–Crippen MR) is 260 cm³/mol. The number of carbonyl (C=O) groups is 4. The largest absolute Gasteiger partial charge is 0.461 e. The number of methoxy groups -OCH3 is 1. The lowest BCUT2D eigenvalue weighted by molar-refractivity contribution is -0.358. The third kappa shape index (κ3) is 11.2. The molecule has 6 rings (SSSR count). The van der Waals surface area contributed by atoms with Crippen molar-refractivity contribution in [2.24, 2.45) is 23.7 Å². The molecule has 3 aliphatic rings. The number of esters is 2. The maximum absolute atomic E-state index is 15.1. The van der Waals surface area contributed by atoms with E-state index >= 15 is 4.79 Å². The van der Waals surface area contributed by atoms with Crippen LogP contribution in [0.3, 0.4) is 0 Å². The lowest BCUT2D eigenvalue weighted by Gasteiger charge is -2.52. The number of nitrogens with one attached hydrogen (secondary N) is 1. The summed E-state index contributed by atoms with van der Waals surface area (Å²) in [4.78, 5) is 79.3. The van der Waals surface area contributed by atoms with E-state index in [1.54, 1.807) is 83.4 Å². The monoisotopic (exact) mass is 977 g/mol. The molecule has 2 N–H and O–H groups in total. The number of amides is 1. The first-order valence-electron chi connectivity index (χ1n) is 24.7. The minimum atomic E-state index is -1.65. The van der Waals surface area contributed by atoms with Crippen LogP contribution in [0, 0.1) is 23.7 Å². The zero-order chi connectivity index (χ0) is 51.3. The number of hydrogen-bond donors (Lipinski definition) is 2. The van der Waals surface area contributed by atoms with Crippen molar-refractivity contribution in [1.29, 1.82) is 0 Å². The predicted octanol–water partition coefficient (Wildman–Crippen LogP) is 5.78. The quantitative estimate of drug-likeness (QED) is 0.0752. The van der Waals surface area contributed by atoms with Gasteiger partial charge in [0.15, 0.2) is 22.9 Å². The highest BCUT2D eigenvalue weighted by atomic mass is 16.7. The van der Waals surface area contributed by atoms with E-state index in [1.807, 2.05) is 44.2 Å². The van der Waals surface area contributed by atoms with Gasteiger partial charge in [-0.2, -0.15) is 0 Å². The van der Waals surface area contributed by atoms with Gasteiger partial charge in [-0.1, -0.05) is 39.8 Å². The Kier molecular flexibility index (Phi) is 17.5. The minimum absolute atomic E-state index is 0.0871. The molecule has 386 valence electrons. The summed E-state index contributed by atoms with van der Waals surface area (Å²) in [6.45, 7) is 21.2. The third-order valence-corrected chi connectivity index (χ3v) is 15.0. The van der Waals surface area contributed by atoms with Crippen LogP contribution in [-0.2, 0) is 55.8 Å². The molecule has 1 unspecified atom stereocenters. The number of aliphatic hydroxyl groups excluding tert-OH is 1. The molecular formula is C51H76N8O11. The van der Waals surface area contributed by atoms with E-state index in [2.05, 4.69) is 31.8 Å². The van der Waals surface area contributed by atoms with Crippen molar-refractivity contribution in [3.63, 3.8) is 0 Å². The molecule has 70 heavy (non-hydrogen) atoms. The molecule has 0 radical (unpaired) electrons. The van der Waals surface area contributed by atoms with E-state index in [0.29, 0.717) is 55.0 Å². The molecule has 19 nitrogen and oxygen atoms in total. The number of cyclic esters (lactones) is 1. The Labute approximate surface area is 412 Å². The Morgan fingerprint density at radius 3 is 2.43 bits per heavy atom. The molecule has 19 heteroatoms. The fraction of sp³-hybridized carbons (Fsp3) is 0.686. The molecule has 14 atom stereocenters. The zero-order valence-electron chi connectivity index (χ0n) is 43.1. The maximum atomic E-state index is 15.1. The average molecular weight is 977 g/mol. The van der Waals surface area contributed by atoms with Crippen LogP contribution in [0.15, 0.2) is 49.7 Å². The Balaban J connectivity index is 1.38. The summed E-state index contributed by atoms with van der Waals surface area (Å²) in [5, 5.41) is 15.2. The summed E-state index contributed by atoms with van der Waals surface area (Å²) in [7, 11) is 5.19. The summed E-state index contributed by atoms with van der Waals surface area (Å²) in [5.74, 6) is -6.08. The number of unbranched alkanes of at least 4 members (excludes halogenated alkanes) is 1. The third-order valence-electron chi connectivity index (χ3n) is 15.0. The van der Waals surface area contributed by atoms with Crippen molar-refractivity contribution in [3.8, 4) is 0 Å². The molecule has 3 aromatic heterocycles. The number of aryl methyl sites for hydroxylation is 1. The molecular weight excluding hydrogens is 901 g/mol. The Bertz CT molecular complexity index is 2300. The summed E-state index contributed by atoms with van der Waals surface area (Å²) in [6, 6.07) is 3.96. The summed E-state index contributed by atoms with van der Waals surface area (Å²) < 4.78 is 41.1. The fourth-order valence-corrected chi connectivity index (χ4v) is 11.3. The smallest absolute Gasteiger partial charge is 0.410 e. The Hall–Kier alpha value is -5.08. The van der Waals surface area contributed by atoms with Gasteiger partial charge in [0.1, 0.15) is 35.9 Å². The molecule has 6 heterocycles. The number of imidazole rings is 1. The number of hydrogen-bond acceptors (Lipinski definition) is 17. The number of ketones is 1. The van der Waals surface area contributed by atoms with Crippen LogP contribution in [-0.4, -0.2) is 157 Å². The van der Waals surface area contributed by atoms with Crippen LogP contribution >= 0.6 is 0 Å². The SMILES string of the molecule is C=CCN(C)[C@H]1C[C@@H](C)O[C@@](C)(O[C@@H]2[C@@H](C)C(OC(=O)Cc3ccccn3)[C@@H](C)C(=O)O[C@H](CC)[C@@]3(C)OC(=O)N(CCCCn4cnc5c(NC)ncnc54)[C@@H]3[C@@H](C)C(=O)[C@H](C)C[C@@]2(C)OC)[C@@H]1O. The van der Waals surface area contributed by atoms with Crippen LogP contribution in [0.25, 0.3) is 11.2 Å². The Morgan fingerprint density at radius 2 is 1.77 bits per heavy atom. The second kappa shape index (κ2) is 22.6. The van der Waals surface area contributed by atoms with E-state index in [-0.39, 0.29) is 37.7 Å². The van der Waals surface area contributed by atoms with Gasteiger partial charge in [0.2, 0.25) is 0 Å². The molecule has 3 saturated heterocycles. The van der Waals surface area contributed by atoms with Gasteiger partial charge in [-0.25, -0.2) is 19.7 Å². The lowest BCUT2D eigenvalue weighted by atomic mass is 9.73. The number of fused-ring (bicyclic) bond motifs is 2. The number of rotatable bonds is 16. The zero-order valence-corrected chi connectivity index (χ0v) is 43.1. The van der Waals surface area contributed by atoms with Crippen LogP contribution < -0.4 is 5.32 Å². The number of ether oxygens (including phenoxy) is 6. The van der Waals surface area contributed by atoms with E-state index in [1.165, 1.54) is 13.4 Å². The van der Waals surface area contributed by atoms with E-state index in [4.69, 9.17) is 28.4 Å². The van der Waals surface area contributed by atoms with E-state index < -0.39 is 95.2 Å². The standard InChI is InChI=1S/C51H76N8O11/c1-14-22-57(12)36-25-31(4)68-51(10,43(36)62)69-44-33(6)41(67-38(60)26-35-20-16-17-21-53-35)34(7)47(63)66-37(15-2)50(9)42(32(5)40(61)30(3)27-49(44,8)65-13)59(48(64)70-50)24-19-18-23-58-29-56-39-45(52-11)54-28-55-46(39)58/h14,16-17,20-21,28-34,36-37,41-44,62H,1,15,18-19,22-27H2,2-13H3,(H,52,54,55)/t30-,31-,32+,33+,34-,36+,37-,41?,42-,43-,44-,49-,50-,51+/m1/s1. The van der Waals surface area contributed by atoms with Crippen molar-refractivity contribution in [2.75, 3.05) is 39.6 Å². The van der Waals surface area contributed by atoms with Gasteiger partial charge >= 0.3 is 18.0 Å². The highest BCUT2D eigenvalue weighted by molar-refractivity contribution is 5.85.